The smallest absolute Gasteiger partial charge is 0.404 e. The molecule has 0 spiro atoms. The second-order valence-electron chi connectivity index (χ2n) is 12.5. The fourth-order valence-electron chi connectivity index (χ4n) is 6.72. The van der Waals surface area contributed by atoms with E-state index in [-0.39, 0.29) is 34.9 Å². The third kappa shape index (κ3) is 6.24. The zero-order valence-electron chi connectivity index (χ0n) is 24.2. The number of nitrogens with one attached hydrogen (secondary N) is 3. The minimum atomic E-state index is -0.743. The van der Waals surface area contributed by atoms with Gasteiger partial charge in [0.1, 0.15) is 6.04 Å². The van der Waals surface area contributed by atoms with Gasteiger partial charge in [-0.05, 0) is 74.3 Å². The van der Waals surface area contributed by atoms with Crippen LogP contribution >= 0.6 is 0 Å². The van der Waals surface area contributed by atoms with Crippen LogP contribution in [0.25, 0.3) is 0 Å². The molecule has 10 nitrogen and oxygen atoms in total. The maximum absolute atomic E-state index is 13.7. The van der Waals surface area contributed by atoms with Gasteiger partial charge < -0.3 is 31.0 Å². The van der Waals surface area contributed by atoms with Crippen molar-refractivity contribution in [1.29, 1.82) is 0 Å². The lowest BCUT2D eigenvalue weighted by Crippen LogP contribution is -2.65. The molecule has 1 saturated heterocycles. The molecular formula is C28H45BN6O4. The quantitative estimate of drug-likeness (QED) is 0.146. The van der Waals surface area contributed by atoms with Gasteiger partial charge in [-0.15, -0.1) is 0 Å². The molecular weight excluding hydrogens is 495 g/mol. The molecule has 3 aliphatic carbocycles. The summed E-state index contributed by atoms with van der Waals surface area (Å²) in [5, 5.41) is 9.12. The molecule has 2 heterocycles. The average molecular weight is 541 g/mol. The van der Waals surface area contributed by atoms with Gasteiger partial charge in [0.25, 0.3) is 5.91 Å². The third-order valence-corrected chi connectivity index (χ3v) is 9.13. The Kier molecular flexibility index (Phi) is 8.90. The zero-order valence-corrected chi connectivity index (χ0v) is 24.2. The maximum atomic E-state index is 13.7. The molecule has 5 N–H and O–H groups in total. The van der Waals surface area contributed by atoms with Crippen molar-refractivity contribution in [2.24, 2.45) is 33.9 Å². The Morgan fingerprint density at radius 3 is 2.56 bits per heavy atom. The Morgan fingerprint density at radius 1 is 1.21 bits per heavy atom. The van der Waals surface area contributed by atoms with Gasteiger partial charge in [0, 0.05) is 31.5 Å². The molecule has 4 fully saturated rings. The summed E-state index contributed by atoms with van der Waals surface area (Å²) in [5.41, 5.74) is 6.06. The second-order valence-corrected chi connectivity index (χ2v) is 12.5. The summed E-state index contributed by atoms with van der Waals surface area (Å²) in [7, 11) is 1.08. The highest BCUT2D eigenvalue weighted by atomic mass is 16.7. The van der Waals surface area contributed by atoms with E-state index in [1.807, 2.05) is 0 Å². The van der Waals surface area contributed by atoms with Crippen molar-refractivity contribution < 1.29 is 18.9 Å². The first kappa shape index (κ1) is 29.3. The minimum Gasteiger partial charge on any atom is -0.404 e. The van der Waals surface area contributed by atoms with Crippen LogP contribution in [0.4, 0.5) is 0 Å². The van der Waals surface area contributed by atoms with Crippen LogP contribution < -0.4 is 21.7 Å². The van der Waals surface area contributed by atoms with Crippen molar-refractivity contribution in [2.75, 3.05) is 13.6 Å². The van der Waals surface area contributed by atoms with Gasteiger partial charge in [0.2, 0.25) is 5.91 Å². The molecule has 6 atom stereocenters. The molecule has 39 heavy (non-hydrogen) atoms. The van der Waals surface area contributed by atoms with Crippen molar-refractivity contribution in [2.45, 2.75) is 90.4 Å². The number of nitrogens with two attached hydrogens (primary N) is 1. The van der Waals surface area contributed by atoms with Crippen molar-refractivity contribution in [3.8, 4) is 0 Å². The topological polar surface area (TPSA) is 140 Å². The van der Waals surface area contributed by atoms with E-state index in [0.717, 1.165) is 6.42 Å². The van der Waals surface area contributed by atoms with Gasteiger partial charge in [-0.2, -0.15) is 0 Å². The van der Waals surface area contributed by atoms with E-state index in [2.05, 4.69) is 60.5 Å². The van der Waals surface area contributed by atoms with Crippen LogP contribution in [-0.4, -0.2) is 67.2 Å². The van der Waals surface area contributed by atoms with E-state index in [4.69, 9.17) is 15.0 Å². The highest BCUT2D eigenvalue weighted by molar-refractivity contribution is 6.48. The highest BCUT2D eigenvalue weighted by Crippen LogP contribution is 2.65. The number of carbonyl (C=O) groups excluding carboxylic acids is 2. The number of amides is 2. The molecule has 1 aromatic heterocycles. The van der Waals surface area contributed by atoms with Gasteiger partial charge in [-0.3, -0.25) is 19.6 Å². The van der Waals surface area contributed by atoms with E-state index in [1.165, 1.54) is 6.42 Å². The number of nitrogens with zero attached hydrogens (tertiary/aromatic N) is 2. The molecule has 1 aliphatic heterocycles. The summed E-state index contributed by atoms with van der Waals surface area (Å²) in [4.78, 5) is 34.5. The lowest BCUT2D eigenvalue weighted by Gasteiger charge is -2.64. The van der Waals surface area contributed by atoms with Crippen LogP contribution in [0.2, 0.25) is 0 Å². The van der Waals surface area contributed by atoms with Crippen LogP contribution in [0, 0.1) is 23.2 Å². The number of carbonyl (C=O) groups is 2. The number of aromatic nitrogens is 1. The van der Waals surface area contributed by atoms with Crippen molar-refractivity contribution in [3.05, 3.63) is 30.1 Å². The maximum Gasteiger partial charge on any atom is 0.481 e. The normalized spacial score (nSPS) is 28.7. The summed E-state index contributed by atoms with van der Waals surface area (Å²) in [6.07, 6.45) is 7.03. The van der Waals surface area contributed by atoms with Gasteiger partial charge in [-0.25, -0.2) is 0 Å². The Morgan fingerprint density at radius 2 is 1.92 bits per heavy atom. The van der Waals surface area contributed by atoms with Crippen LogP contribution in [0.15, 0.2) is 29.5 Å². The Hall–Kier alpha value is -2.66. The van der Waals surface area contributed by atoms with Gasteiger partial charge in [0.05, 0.1) is 17.6 Å². The second kappa shape index (κ2) is 11.8. The van der Waals surface area contributed by atoms with Crippen molar-refractivity contribution in [3.63, 3.8) is 0 Å². The first-order chi connectivity index (χ1) is 18.5. The van der Waals surface area contributed by atoms with E-state index in [0.29, 0.717) is 55.1 Å². The molecule has 1 aromatic rings. The molecule has 5 rings (SSSR count). The number of guanidine groups is 1. The molecule has 2 bridgehead atoms. The zero-order chi connectivity index (χ0) is 28.4. The summed E-state index contributed by atoms with van der Waals surface area (Å²) >= 11 is 0. The van der Waals surface area contributed by atoms with Crippen molar-refractivity contribution in [1.82, 2.24) is 20.9 Å². The first-order valence-electron chi connectivity index (χ1n) is 14.3. The SMILES string of the molecule is CN=C(N)NCCC[C@H](NC(=O)c1ccncc1)C(=O)N[C@@H](CC(C)C)B1O[C@@H]2C[C@@H]3C[C@@H](C3(C)C)[C@]2(C)O1. The Bertz CT molecular complexity index is 1050. The lowest BCUT2D eigenvalue weighted by molar-refractivity contribution is -0.199. The number of hydrogen-bond acceptors (Lipinski definition) is 6. The van der Waals surface area contributed by atoms with Crippen LogP contribution in [-0.2, 0) is 14.1 Å². The number of rotatable bonds is 11. The predicted octanol–water partition coefficient (Wildman–Crippen LogP) is 2.29. The van der Waals surface area contributed by atoms with Crippen LogP contribution in [0.1, 0.15) is 77.1 Å². The lowest BCUT2D eigenvalue weighted by atomic mass is 9.43. The summed E-state index contributed by atoms with van der Waals surface area (Å²) in [5.74, 6) is 0.823. The molecule has 3 saturated carbocycles. The molecule has 0 radical (unpaired) electrons. The van der Waals surface area contributed by atoms with Gasteiger partial charge >= 0.3 is 7.12 Å². The monoisotopic (exact) mass is 540 g/mol. The van der Waals surface area contributed by atoms with Crippen LogP contribution in [0.5, 0.6) is 0 Å². The fourth-order valence-corrected chi connectivity index (χ4v) is 6.72. The van der Waals surface area contributed by atoms with Gasteiger partial charge in [-0.1, -0.05) is 27.7 Å². The van der Waals surface area contributed by atoms with E-state index < -0.39 is 13.2 Å². The third-order valence-electron chi connectivity index (χ3n) is 9.13. The molecule has 0 aromatic carbocycles. The van der Waals surface area contributed by atoms with Gasteiger partial charge in [0.15, 0.2) is 5.96 Å². The van der Waals surface area contributed by atoms with E-state index in [1.54, 1.807) is 31.6 Å². The minimum absolute atomic E-state index is 0.0322. The standard InChI is InChI=1S/C28H45BN6O4/c1-17(2)14-23(29-38-22-16-19-15-21(27(19,3)4)28(22,5)39-29)35-25(37)20(8-7-11-33-26(30)31-6)34-24(36)18-9-12-32-13-10-18/h9-10,12-13,17,19-23H,7-8,11,14-16H2,1-6H3,(H,34,36)(H,35,37)(H3,30,31,33)/t19-,20-,21-,22+,23-,28-/m0/s1. The number of aliphatic imine (C=N–C) groups is 1. The number of pyridine rings is 1. The molecule has 0 unspecified atom stereocenters. The summed E-state index contributed by atoms with van der Waals surface area (Å²) < 4.78 is 13.2. The van der Waals surface area contributed by atoms with E-state index in [9.17, 15) is 9.59 Å². The predicted molar refractivity (Wildman–Crippen MR) is 152 cm³/mol. The van der Waals surface area contributed by atoms with Crippen LogP contribution in [0.3, 0.4) is 0 Å². The molecule has 11 heteroatoms. The van der Waals surface area contributed by atoms with E-state index >= 15 is 0 Å². The average Bonchev–Trinajstić information content (AvgIpc) is 3.27. The fraction of sp³-hybridized carbons (Fsp3) is 0.714. The van der Waals surface area contributed by atoms with Crippen molar-refractivity contribution >= 4 is 24.9 Å². The molecule has 214 valence electrons. The Labute approximate surface area is 232 Å². The molecule has 2 amide bonds. The molecule has 4 aliphatic rings. The summed E-state index contributed by atoms with van der Waals surface area (Å²) in [6.45, 7) is 11.6. The number of hydrogen-bond donors (Lipinski definition) is 4. The summed E-state index contributed by atoms with van der Waals surface area (Å²) in [6, 6.07) is 2.51. The largest absolute Gasteiger partial charge is 0.481 e. The Balaban J connectivity index is 1.46. The first-order valence-corrected chi connectivity index (χ1v) is 14.3. The highest BCUT2D eigenvalue weighted by Gasteiger charge is 2.68.